The Labute approximate surface area is 111 Å². The number of hydrogen-bond acceptors (Lipinski definition) is 3. The zero-order valence-electron chi connectivity index (χ0n) is 11.1. The summed E-state index contributed by atoms with van der Waals surface area (Å²) in [7, 11) is 0. The van der Waals surface area contributed by atoms with Gasteiger partial charge in [0.2, 0.25) is 0 Å². The molecule has 0 bridgehead atoms. The van der Waals surface area contributed by atoms with Gasteiger partial charge >= 0.3 is 12.1 Å². The van der Waals surface area contributed by atoms with Crippen LogP contribution in [0.4, 0.5) is 10.5 Å². The van der Waals surface area contributed by atoms with Gasteiger partial charge in [-0.15, -0.1) is 0 Å². The zero-order valence-corrected chi connectivity index (χ0v) is 11.1. The summed E-state index contributed by atoms with van der Waals surface area (Å²) < 4.78 is 4.96. The Hall–Kier alpha value is -2.30. The van der Waals surface area contributed by atoms with Crippen molar-refractivity contribution >= 4 is 23.8 Å². The number of anilines is 1. The van der Waals surface area contributed by atoms with Gasteiger partial charge in [-0.2, -0.15) is 0 Å². The summed E-state index contributed by atoms with van der Waals surface area (Å²) in [5, 5.41) is 11.2. The number of ether oxygens (including phenoxy) is 1. The predicted octanol–water partition coefficient (Wildman–Crippen LogP) is 3.05. The highest BCUT2D eigenvalue weighted by atomic mass is 16.6. The second-order valence-electron chi connectivity index (χ2n) is 4.32. The Kier molecular flexibility index (Phi) is 5.11. The van der Waals surface area contributed by atoms with Crippen LogP contribution in [0, 0.1) is 6.92 Å². The molecule has 0 fully saturated rings. The fraction of sp³-hybridized carbons (Fsp3) is 0.286. The number of aryl methyl sites for hydroxylation is 1. The topological polar surface area (TPSA) is 75.6 Å². The second kappa shape index (κ2) is 6.58. The predicted molar refractivity (Wildman–Crippen MR) is 73.1 cm³/mol. The molecule has 2 N–H and O–H groups in total. The number of carboxylic acid groups (broad SMARTS) is 1. The molecule has 102 valence electrons. The maximum absolute atomic E-state index is 11.4. The first-order valence-corrected chi connectivity index (χ1v) is 5.88. The minimum atomic E-state index is -0.998. The molecule has 1 aromatic rings. The molecule has 0 aliphatic rings. The standard InChI is InChI=1S/C14H17NO4/c1-9(2)19-14(18)15-12-6-4-11(10(3)8-12)5-7-13(16)17/h4-9H,1-3H3,(H,15,18)(H,16,17). The van der Waals surface area contributed by atoms with E-state index in [2.05, 4.69) is 5.32 Å². The van der Waals surface area contributed by atoms with E-state index in [4.69, 9.17) is 9.84 Å². The van der Waals surface area contributed by atoms with Crippen LogP contribution in [-0.2, 0) is 9.53 Å². The average molecular weight is 263 g/mol. The molecule has 0 saturated heterocycles. The van der Waals surface area contributed by atoms with Crippen LogP contribution >= 0.6 is 0 Å². The normalized spacial score (nSPS) is 10.7. The lowest BCUT2D eigenvalue weighted by Crippen LogP contribution is -2.18. The Morgan fingerprint density at radius 2 is 2.05 bits per heavy atom. The van der Waals surface area contributed by atoms with Crippen molar-refractivity contribution < 1.29 is 19.4 Å². The zero-order chi connectivity index (χ0) is 14.4. The minimum Gasteiger partial charge on any atom is -0.478 e. The van der Waals surface area contributed by atoms with Gasteiger partial charge < -0.3 is 9.84 Å². The highest BCUT2D eigenvalue weighted by Gasteiger charge is 2.06. The van der Waals surface area contributed by atoms with Crippen molar-refractivity contribution in [1.29, 1.82) is 0 Å². The number of rotatable bonds is 4. The molecule has 19 heavy (non-hydrogen) atoms. The maximum Gasteiger partial charge on any atom is 0.411 e. The van der Waals surface area contributed by atoms with E-state index in [-0.39, 0.29) is 6.10 Å². The molecule has 5 heteroatoms. The van der Waals surface area contributed by atoms with Gasteiger partial charge in [-0.1, -0.05) is 6.07 Å². The number of carbonyl (C=O) groups excluding carboxylic acids is 1. The summed E-state index contributed by atoms with van der Waals surface area (Å²) in [5.41, 5.74) is 2.25. The van der Waals surface area contributed by atoms with E-state index in [0.29, 0.717) is 5.69 Å². The molecule has 0 radical (unpaired) electrons. The number of nitrogens with one attached hydrogen (secondary N) is 1. The molecule has 0 aromatic heterocycles. The Morgan fingerprint density at radius 3 is 2.58 bits per heavy atom. The summed E-state index contributed by atoms with van der Waals surface area (Å²) in [6.07, 6.45) is 1.89. The quantitative estimate of drug-likeness (QED) is 0.818. The van der Waals surface area contributed by atoms with Crippen molar-refractivity contribution in [3.8, 4) is 0 Å². The molecular weight excluding hydrogens is 246 g/mol. The van der Waals surface area contributed by atoms with Crippen LogP contribution < -0.4 is 5.32 Å². The van der Waals surface area contributed by atoms with Crippen LogP contribution in [-0.4, -0.2) is 23.3 Å². The number of benzene rings is 1. The summed E-state index contributed by atoms with van der Waals surface area (Å²) in [6, 6.07) is 5.18. The highest BCUT2D eigenvalue weighted by molar-refractivity contribution is 5.87. The molecule has 5 nitrogen and oxygen atoms in total. The van der Waals surface area contributed by atoms with Crippen LogP contribution in [0.25, 0.3) is 6.08 Å². The summed E-state index contributed by atoms with van der Waals surface area (Å²) in [6.45, 7) is 5.37. The fourth-order valence-electron chi connectivity index (χ4n) is 1.46. The number of amides is 1. The third kappa shape index (κ3) is 5.25. The summed E-state index contributed by atoms with van der Waals surface area (Å²) in [4.78, 5) is 21.8. The van der Waals surface area contributed by atoms with Gasteiger partial charge in [-0.05, 0) is 50.1 Å². The third-order valence-electron chi connectivity index (χ3n) is 2.26. The first kappa shape index (κ1) is 14.8. The SMILES string of the molecule is Cc1cc(NC(=O)OC(C)C)ccc1C=CC(=O)O. The van der Waals surface area contributed by atoms with Crippen LogP contribution in [0.1, 0.15) is 25.0 Å². The molecule has 0 unspecified atom stereocenters. The van der Waals surface area contributed by atoms with Crippen LogP contribution in [0.15, 0.2) is 24.3 Å². The Balaban J connectivity index is 2.77. The van der Waals surface area contributed by atoms with Gasteiger partial charge in [0.05, 0.1) is 6.10 Å². The van der Waals surface area contributed by atoms with Gasteiger partial charge in [0, 0.05) is 11.8 Å². The van der Waals surface area contributed by atoms with Crippen LogP contribution in [0.3, 0.4) is 0 Å². The van der Waals surface area contributed by atoms with E-state index in [1.807, 2.05) is 6.92 Å². The van der Waals surface area contributed by atoms with Crippen molar-refractivity contribution in [3.63, 3.8) is 0 Å². The Morgan fingerprint density at radius 1 is 1.37 bits per heavy atom. The summed E-state index contributed by atoms with van der Waals surface area (Å²) >= 11 is 0. The second-order valence-corrected chi connectivity index (χ2v) is 4.32. The van der Waals surface area contributed by atoms with Crippen molar-refractivity contribution in [2.75, 3.05) is 5.32 Å². The molecule has 0 aliphatic carbocycles. The van der Waals surface area contributed by atoms with Crippen molar-refractivity contribution in [1.82, 2.24) is 0 Å². The van der Waals surface area contributed by atoms with Gasteiger partial charge in [0.1, 0.15) is 0 Å². The monoisotopic (exact) mass is 263 g/mol. The van der Waals surface area contributed by atoms with Crippen molar-refractivity contribution in [3.05, 3.63) is 35.4 Å². The molecule has 0 spiro atoms. The van der Waals surface area contributed by atoms with Crippen LogP contribution in [0.5, 0.6) is 0 Å². The molecule has 1 rings (SSSR count). The molecule has 0 saturated carbocycles. The van der Waals surface area contributed by atoms with Gasteiger partial charge in [0.15, 0.2) is 0 Å². The lowest BCUT2D eigenvalue weighted by molar-refractivity contribution is -0.131. The Bertz CT molecular complexity index is 506. The van der Waals surface area contributed by atoms with E-state index in [1.54, 1.807) is 32.0 Å². The van der Waals surface area contributed by atoms with E-state index >= 15 is 0 Å². The highest BCUT2D eigenvalue weighted by Crippen LogP contribution is 2.16. The van der Waals surface area contributed by atoms with E-state index in [1.165, 1.54) is 6.08 Å². The van der Waals surface area contributed by atoms with E-state index in [9.17, 15) is 9.59 Å². The lowest BCUT2D eigenvalue weighted by atomic mass is 10.1. The number of aliphatic carboxylic acids is 1. The number of carbonyl (C=O) groups is 2. The number of carboxylic acids is 1. The molecule has 1 aromatic carbocycles. The number of hydrogen-bond donors (Lipinski definition) is 2. The molecule has 0 heterocycles. The summed E-state index contributed by atoms with van der Waals surface area (Å²) in [5.74, 6) is -0.998. The fourth-order valence-corrected chi connectivity index (χ4v) is 1.46. The lowest BCUT2D eigenvalue weighted by Gasteiger charge is -2.10. The third-order valence-corrected chi connectivity index (χ3v) is 2.26. The van der Waals surface area contributed by atoms with E-state index in [0.717, 1.165) is 17.2 Å². The van der Waals surface area contributed by atoms with Crippen LogP contribution in [0.2, 0.25) is 0 Å². The van der Waals surface area contributed by atoms with Gasteiger partial charge in [0.25, 0.3) is 0 Å². The maximum atomic E-state index is 11.4. The smallest absolute Gasteiger partial charge is 0.411 e. The average Bonchev–Trinajstić information content (AvgIpc) is 2.26. The first-order chi connectivity index (χ1) is 8.88. The largest absolute Gasteiger partial charge is 0.478 e. The molecule has 0 atom stereocenters. The molecule has 0 aliphatic heterocycles. The van der Waals surface area contributed by atoms with Crippen molar-refractivity contribution in [2.24, 2.45) is 0 Å². The van der Waals surface area contributed by atoms with Gasteiger partial charge in [-0.3, -0.25) is 5.32 Å². The van der Waals surface area contributed by atoms with E-state index < -0.39 is 12.1 Å². The molecule has 1 amide bonds. The molecular formula is C14H17NO4. The first-order valence-electron chi connectivity index (χ1n) is 5.88. The van der Waals surface area contributed by atoms with Crippen molar-refractivity contribution in [2.45, 2.75) is 26.9 Å². The van der Waals surface area contributed by atoms with Gasteiger partial charge in [-0.25, -0.2) is 9.59 Å². The minimum absolute atomic E-state index is 0.182.